The van der Waals surface area contributed by atoms with Crippen molar-refractivity contribution in [3.63, 3.8) is 0 Å². The maximum Gasteiger partial charge on any atom is 0.294 e. The Morgan fingerprint density at radius 1 is 0.465 bits per heavy atom. The summed E-state index contributed by atoms with van der Waals surface area (Å²) in [6, 6.07) is 0. The van der Waals surface area contributed by atoms with Gasteiger partial charge in [0.05, 0.1) is 56.9 Å². The number of aliphatic hydroxyl groups excluding tert-OH is 3. The summed E-state index contributed by atoms with van der Waals surface area (Å²) in [5.41, 5.74) is 0. The van der Waals surface area contributed by atoms with Crippen molar-refractivity contribution in [2.45, 2.75) is 20.8 Å². The number of hydrogen-bond acceptors (Lipinski definition) is 12. The molecule has 15 nitrogen and oxygen atoms in total. The van der Waals surface area contributed by atoms with E-state index in [0.29, 0.717) is 78.9 Å². The Labute approximate surface area is 260 Å². The van der Waals surface area contributed by atoms with Crippen molar-refractivity contribution in [3.8, 4) is 0 Å². The molecule has 0 aromatic rings. The molecule has 242 valence electrons. The summed E-state index contributed by atoms with van der Waals surface area (Å²) in [5, 5.41) is 26.4. The molecule has 3 heterocycles. The largest absolute Gasteiger partial charge is 0.512 e. The molecular formula is C27H39FeN3O12. The Kier molecular flexibility index (Phi) is 19.4. The van der Waals surface area contributed by atoms with E-state index in [2.05, 4.69) is 0 Å². The monoisotopic (exact) mass is 653 g/mol. The predicted molar refractivity (Wildman–Crippen MR) is 146 cm³/mol. The Balaban J connectivity index is 0.000000608. The normalized spacial score (nSPS) is 17.7. The van der Waals surface area contributed by atoms with Gasteiger partial charge in [-0.05, 0) is 20.8 Å². The molecule has 16 heteroatoms. The summed E-state index contributed by atoms with van der Waals surface area (Å²) in [5.74, 6) is -4.28. The first-order valence-electron chi connectivity index (χ1n) is 13.2. The van der Waals surface area contributed by atoms with Crippen LogP contribution in [0.2, 0.25) is 0 Å². The molecule has 0 radical (unpaired) electrons. The number of allylic oxidation sites excluding steroid dienone is 3. The second-order valence-corrected chi connectivity index (χ2v) is 9.16. The van der Waals surface area contributed by atoms with Gasteiger partial charge < -0.3 is 44.2 Å². The number of carbonyl (C=O) groups is 6. The number of rotatable bonds is 6. The summed E-state index contributed by atoms with van der Waals surface area (Å²) in [6.45, 7) is 9.41. The number of aliphatic hydroxyl groups is 3. The van der Waals surface area contributed by atoms with Gasteiger partial charge in [-0.25, -0.2) is 0 Å². The molecule has 0 saturated carbocycles. The SMILES string of the molecule is CC(O)=CC(=O)C(=O)N1CCOCC1.CC(O)=CC(=O)C(=O)N1CCOCC1.CC(O)=CC(=O)C(=O)N1CCOCC1.[Fe]. The van der Waals surface area contributed by atoms with Crippen molar-refractivity contribution in [1.29, 1.82) is 0 Å². The fourth-order valence-electron chi connectivity index (χ4n) is 3.52. The molecule has 0 aromatic heterocycles. The molecule has 0 aromatic carbocycles. The van der Waals surface area contributed by atoms with E-state index in [0.717, 1.165) is 18.2 Å². The van der Waals surface area contributed by atoms with E-state index in [1.54, 1.807) is 0 Å². The number of nitrogens with zero attached hydrogens (tertiary/aromatic N) is 3. The first-order chi connectivity index (χ1) is 19.8. The molecule has 3 amide bonds. The van der Waals surface area contributed by atoms with Gasteiger partial charge in [-0.3, -0.25) is 28.8 Å². The molecule has 43 heavy (non-hydrogen) atoms. The first kappa shape index (κ1) is 39.4. The van der Waals surface area contributed by atoms with Gasteiger partial charge in [-0.1, -0.05) is 0 Å². The van der Waals surface area contributed by atoms with Crippen LogP contribution in [0.4, 0.5) is 0 Å². The van der Waals surface area contributed by atoms with Crippen molar-refractivity contribution in [2.75, 3.05) is 78.9 Å². The minimum atomic E-state index is -0.688. The van der Waals surface area contributed by atoms with Crippen LogP contribution in [0.25, 0.3) is 0 Å². The molecule has 3 rings (SSSR count). The summed E-state index contributed by atoms with van der Waals surface area (Å²) < 4.78 is 15.1. The third-order valence-corrected chi connectivity index (χ3v) is 5.55. The van der Waals surface area contributed by atoms with Crippen LogP contribution in [0.1, 0.15) is 20.8 Å². The van der Waals surface area contributed by atoms with Crippen LogP contribution in [0.3, 0.4) is 0 Å². The van der Waals surface area contributed by atoms with Crippen LogP contribution in [-0.2, 0) is 60.0 Å². The third-order valence-electron chi connectivity index (χ3n) is 5.55. The van der Waals surface area contributed by atoms with Gasteiger partial charge in [-0.2, -0.15) is 0 Å². The van der Waals surface area contributed by atoms with Gasteiger partial charge in [0.2, 0.25) is 17.3 Å². The van der Waals surface area contributed by atoms with E-state index in [1.165, 1.54) is 35.5 Å². The summed E-state index contributed by atoms with van der Waals surface area (Å²) >= 11 is 0. The number of hydrogen-bond donors (Lipinski definition) is 3. The maximum atomic E-state index is 11.4. The quantitative estimate of drug-likeness (QED) is 0.146. The van der Waals surface area contributed by atoms with E-state index in [1.807, 2.05) is 0 Å². The van der Waals surface area contributed by atoms with Crippen LogP contribution in [0.5, 0.6) is 0 Å². The number of amides is 3. The number of carbonyl (C=O) groups excluding carboxylic acids is 6. The number of ether oxygens (including phenoxy) is 3. The van der Waals surface area contributed by atoms with Crippen molar-refractivity contribution in [1.82, 2.24) is 14.7 Å². The zero-order valence-corrected chi connectivity index (χ0v) is 25.5. The van der Waals surface area contributed by atoms with Crippen molar-refractivity contribution >= 4 is 35.1 Å². The van der Waals surface area contributed by atoms with Crippen molar-refractivity contribution in [3.05, 3.63) is 35.5 Å². The fraction of sp³-hybridized carbons (Fsp3) is 0.556. The first-order valence-corrected chi connectivity index (χ1v) is 13.2. The standard InChI is InChI=1S/3C9H13NO4.Fe/c3*1-7(11)6-8(12)9(13)10-2-4-14-5-3-10;/h3*6,11H,2-5H2,1H3;. The molecule has 3 fully saturated rings. The Hall–Kier alpha value is -3.56. The van der Waals surface area contributed by atoms with E-state index in [9.17, 15) is 28.8 Å². The van der Waals surface area contributed by atoms with Crippen LogP contribution in [0, 0.1) is 0 Å². The van der Waals surface area contributed by atoms with Gasteiger partial charge >= 0.3 is 0 Å². The zero-order valence-electron chi connectivity index (χ0n) is 24.4. The van der Waals surface area contributed by atoms with Gasteiger partial charge in [0.25, 0.3) is 17.7 Å². The van der Waals surface area contributed by atoms with Gasteiger partial charge in [-0.15, -0.1) is 0 Å². The zero-order chi connectivity index (χ0) is 31.7. The van der Waals surface area contributed by atoms with E-state index in [4.69, 9.17) is 29.5 Å². The predicted octanol–water partition coefficient (Wildman–Crippen LogP) is -0.374. The summed E-state index contributed by atoms with van der Waals surface area (Å²) in [6.07, 6.45) is 2.79. The average molecular weight is 653 g/mol. The molecule has 3 aliphatic rings. The maximum absolute atomic E-state index is 11.4. The second-order valence-electron chi connectivity index (χ2n) is 9.16. The molecule has 3 aliphatic heterocycles. The van der Waals surface area contributed by atoms with Crippen LogP contribution >= 0.6 is 0 Å². The minimum Gasteiger partial charge on any atom is -0.512 e. The number of morpholine rings is 3. The van der Waals surface area contributed by atoms with E-state index in [-0.39, 0.29) is 34.3 Å². The third kappa shape index (κ3) is 16.0. The van der Waals surface area contributed by atoms with E-state index >= 15 is 0 Å². The Morgan fingerprint density at radius 2 is 0.651 bits per heavy atom. The van der Waals surface area contributed by atoms with Crippen molar-refractivity contribution in [2.24, 2.45) is 0 Å². The van der Waals surface area contributed by atoms with E-state index < -0.39 is 35.1 Å². The molecule has 0 bridgehead atoms. The number of ketones is 3. The molecule has 3 saturated heterocycles. The Morgan fingerprint density at radius 3 is 0.814 bits per heavy atom. The van der Waals surface area contributed by atoms with Crippen molar-refractivity contribution < 1.29 is 75.4 Å². The van der Waals surface area contributed by atoms with Gasteiger partial charge in [0, 0.05) is 74.6 Å². The second kappa shape index (κ2) is 21.2. The van der Waals surface area contributed by atoms with Gasteiger partial charge in [0.15, 0.2) is 0 Å². The molecule has 3 N–H and O–H groups in total. The summed E-state index contributed by atoms with van der Waals surface area (Å²) in [7, 11) is 0. The van der Waals surface area contributed by atoms with Crippen LogP contribution < -0.4 is 0 Å². The molecule has 0 atom stereocenters. The van der Waals surface area contributed by atoms with Crippen LogP contribution in [-0.4, -0.2) is 144 Å². The fourth-order valence-corrected chi connectivity index (χ4v) is 3.52. The molecule has 0 aliphatic carbocycles. The smallest absolute Gasteiger partial charge is 0.294 e. The summed E-state index contributed by atoms with van der Waals surface area (Å²) in [4.78, 5) is 72.0. The minimum absolute atomic E-state index is 0. The Bertz CT molecular complexity index is 926. The molecule has 0 unspecified atom stereocenters. The molecule has 0 spiro atoms. The molecular weight excluding hydrogens is 614 g/mol. The van der Waals surface area contributed by atoms with Crippen LogP contribution in [0.15, 0.2) is 35.5 Å². The average Bonchev–Trinajstić information content (AvgIpc) is 2.97. The topological polar surface area (TPSA) is 201 Å². The van der Waals surface area contributed by atoms with Gasteiger partial charge in [0.1, 0.15) is 0 Å².